The predicted octanol–water partition coefficient (Wildman–Crippen LogP) is 4.79. The van der Waals surface area contributed by atoms with E-state index in [4.69, 9.17) is 4.74 Å². The molecule has 1 aromatic rings. The van der Waals surface area contributed by atoms with Crippen LogP contribution in [-0.2, 0) is 10.3 Å². The molecule has 1 nitrogen and oxygen atoms in total. The zero-order chi connectivity index (χ0) is 11.9. The van der Waals surface area contributed by atoms with Gasteiger partial charge < -0.3 is 4.74 Å². The number of hydrogen-bond acceptors (Lipinski definition) is 1. The Morgan fingerprint density at radius 1 is 1.12 bits per heavy atom. The Morgan fingerprint density at radius 2 is 1.76 bits per heavy atom. The van der Waals surface area contributed by atoms with Crippen LogP contribution in [0.2, 0.25) is 0 Å². The molecule has 2 aliphatic heterocycles. The standard InChI is InChI=1S/C15H19BrO/c1-2-7-14-8-10-15(17-14,11-9-14)12-3-5-13(16)6-4-12/h3-6H,2,7-11H2,1H3. The van der Waals surface area contributed by atoms with Crippen LogP contribution in [0.15, 0.2) is 28.7 Å². The molecule has 2 heterocycles. The Morgan fingerprint density at radius 3 is 2.35 bits per heavy atom. The topological polar surface area (TPSA) is 9.23 Å². The molecule has 0 unspecified atom stereocenters. The van der Waals surface area contributed by atoms with Crippen LogP contribution in [0.1, 0.15) is 51.0 Å². The molecule has 0 spiro atoms. The maximum Gasteiger partial charge on any atom is 0.0941 e. The second kappa shape index (κ2) is 4.10. The summed E-state index contributed by atoms with van der Waals surface area (Å²) in [5.74, 6) is 0. The molecule has 0 amide bonds. The first kappa shape index (κ1) is 11.7. The molecule has 92 valence electrons. The third-order valence-corrected chi connectivity index (χ3v) is 4.99. The predicted molar refractivity (Wildman–Crippen MR) is 73.0 cm³/mol. The quantitative estimate of drug-likeness (QED) is 0.779. The van der Waals surface area contributed by atoms with Gasteiger partial charge in [-0.25, -0.2) is 0 Å². The average molecular weight is 295 g/mol. The van der Waals surface area contributed by atoms with Crippen molar-refractivity contribution >= 4 is 15.9 Å². The van der Waals surface area contributed by atoms with E-state index in [0.717, 1.165) is 4.47 Å². The molecule has 0 saturated carbocycles. The highest BCUT2D eigenvalue weighted by molar-refractivity contribution is 9.10. The molecule has 2 heteroatoms. The Bertz CT molecular complexity index is 401. The van der Waals surface area contributed by atoms with Gasteiger partial charge in [0.15, 0.2) is 0 Å². The van der Waals surface area contributed by atoms with Gasteiger partial charge in [0, 0.05) is 4.47 Å². The molecule has 2 aliphatic rings. The number of ether oxygens (including phenoxy) is 1. The Labute approximate surface area is 112 Å². The van der Waals surface area contributed by atoms with Gasteiger partial charge in [0.05, 0.1) is 11.2 Å². The van der Waals surface area contributed by atoms with E-state index in [2.05, 4.69) is 47.1 Å². The third kappa shape index (κ3) is 1.86. The molecular weight excluding hydrogens is 276 g/mol. The third-order valence-electron chi connectivity index (χ3n) is 4.46. The molecule has 2 fully saturated rings. The van der Waals surface area contributed by atoms with Crippen molar-refractivity contribution in [3.8, 4) is 0 Å². The first-order chi connectivity index (χ1) is 8.18. The minimum Gasteiger partial charge on any atom is -0.364 e. The normalized spacial score (nSPS) is 35.4. The molecule has 17 heavy (non-hydrogen) atoms. The molecule has 2 bridgehead atoms. The van der Waals surface area contributed by atoms with Gasteiger partial charge in [-0.2, -0.15) is 0 Å². The fraction of sp³-hybridized carbons (Fsp3) is 0.600. The highest BCUT2D eigenvalue weighted by atomic mass is 79.9. The van der Waals surface area contributed by atoms with Crippen LogP contribution in [0.5, 0.6) is 0 Å². The van der Waals surface area contributed by atoms with Crippen LogP contribution in [0.4, 0.5) is 0 Å². The monoisotopic (exact) mass is 294 g/mol. The van der Waals surface area contributed by atoms with E-state index < -0.39 is 0 Å². The lowest BCUT2D eigenvalue weighted by molar-refractivity contribution is -0.0557. The highest BCUT2D eigenvalue weighted by Gasteiger charge is 2.55. The molecule has 1 aromatic carbocycles. The molecule has 0 atom stereocenters. The maximum absolute atomic E-state index is 6.50. The van der Waals surface area contributed by atoms with Crippen LogP contribution in [0, 0.1) is 0 Å². The van der Waals surface area contributed by atoms with Crippen LogP contribution in [0.3, 0.4) is 0 Å². The van der Waals surface area contributed by atoms with Crippen molar-refractivity contribution in [3.05, 3.63) is 34.3 Å². The number of halogens is 1. The Balaban J connectivity index is 1.88. The number of fused-ring (bicyclic) bond motifs is 2. The first-order valence-corrected chi connectivity index (χ1v) is 7.44. The summed E-state index contributed by atoms with van der Waals surface area (Å²) in [6.45, 7) is 2.26. The van der Waals surface area contributed by atoms with E-state index in [1.54, 1.807) is 0 Å². The van der Waals surface area contributed by atoms with Gasteiger partial charge in [-0.1, -0.05) is 41.4 Å². The zero-order valence-corrected chi connectivity index (χ0v) is 11.9. The van der Waals surface area contributed by atoms with Crippen molar-refractivity contribution in [1.29, 1.82) is 0 Å². The summed E-state index contributed by atoms with van der Waals surface area (Å²) >= 11 is 3.50. The van der Waals surface area contributed by atoms with Gasteiger partial charge in [-0.05, 0) is 49.8 Å². The summed E-state index contributed by atoms with van der Waals surface area (Å²) in [7, 11) is 0. The van der Waals surface area contributed by atoms with Crippen molar-refractivity contribution in [1.82, 2.24) is 0 Å². The largest absolute Gasteiger partial charge is 0.364 e. The van der Waals surface area contributed by atoms with Gasteiger partial charge in [-0.3, -0.25) is 0 Å². The molecular formula is C15H19BrO. The van der Waals surface area contributed by atoms with Crippen molar-refractivity contribution in [2.24, 2.45) is 0 Å². The number of benzene rings is 1. The van der Waals surface area contributed by atoms with E-state index >= 15 is 0 Å². The van der Waals surface area contributed by atoms with Crippen molar-refractivity contribution in [2.45, 2.75) is 56.7 Å². The van der Waals surface area contributed by atoms with Gasteiger partial charge >= 0.3 is 0 Å². The van der Waals surface area contributed by atoms with Gasteiger partial charge in [0.2, 0.25) is 0 Å². The molecule has 0 N–H and O–H groups in total. The number of rotatable bonds is 3. The van der Waals surface area contributed by atoms with E-state index in [1.807, 2.05) is 0 Å². The molecule has 0 aliphatic carbocycles. The summed E-state index contributed by atoms with van der Waals surface area (Å²) in [4.78, 5) is 0. The van der Waals surface area contributed by atoms with Crippen LogP contribution in [-0.4, -0.2) is 5.60 Å². The fourth-order valence-electron chi connectivity index (χ4n) is 3.59. The Kier molecular flexibility index (Phi) is 2.83. The second-order valence-corrected chi connectivity index (χ2v) is 6.45. The van der Waals surface area contributed by atoms with E-state index in [0.29, 0.717) is 0 Å². The van der Waals surface area contributed by atoms with Crippen LogP contribution >= 0.6 is 15.9 Å². The SMILES string of the molecule is CCCC12CCC(c3ccc(Br)cc3)(CC1)O2. The number of hydrogen-bond donors (Lipinski definition) is 0. The summed E-state index contributed by atoms with van der Waals surface area (Å²) in [6.07, 6.45) is 7.36. The lowest BCUT2D eigenvalue weighted by atomic mass is 9.77. The second-order valence-electron chi connectivity index (χ2n) is 5.54. The minimum absolute atomic E-state index is 0.0376. The average Bonchev–Trinajstić information content (AvgIpc) is 2.87. The zero-order valence-electron chi connectivity index (χ0n) is 10.3. The molecule has 2 saturated heterocycles. The highest BCUT2D eigenvalue weighted by Crippen LogP contribution is 2.57. The summed E-state index contributed by atoms with van der Waals surface area (Å²) in [6, 6.07) is 8.70. The lowest BCUT2D eigenvalue weighted by Gasteiger charge is -2.25. The molecule has 0 radical (unpaired) electrons. The molecule has 0 aromatic heterocycles. The van der Waals surface area contributed by atoms with Crippen molar-refractivity contribution in [2.75, 3.05) is 0 Å². The summed E-state index contributed by atoms with van der Waals surface area (Å²) in [5.41, 5.74) is 1.62. The van der Waals surface area contributed by atoms with E-state index in [-0.39, 0.29) is 11.2 Å². The smallest absolute Gasteiger partial charge is 0.0941 e. The van der Waals surface area contributed by atoms with Crippen LogP contribution in [0.25, 0.3) is 0 Å². The van der Waals surface area contributed by atoms with Gasteiger partial charge in [0.25, 0.3) is 0 Å². The maximum atomic E-state index is 6.50. The lowest BCUT2D eigenvalue weighted by Crippen LogP contribution is -2.23. The first-order valence-electron chi connectivity index (χ1n) is 6.64. The van der Waals surface area contributed by atoms with E-state index in [9.17, 15) is 0 Å². The van der Waals surface area contributed by atoms with E-state index in [1.165, 1.54) is 44.1 Å². The minimum atomic E-state index is 0.0376. The fourth-order valence-corrected chi connectivity index (χ4v) is 3.85. The van der Waals surface area contributed by atoms with Crippen LogP contribution < -0.4 is 0 Å². The van der Waals surface area contributed by atoms with Gasteiger partial charge in [-0.15, -0.1) is 0 Å². The van der Waals surface area contributed by atoms with Crippen molar-refractivity contribution < 1.29 is 4.74 Å². The molecule has 3 rings (SSSR count). The summed E-state index contributed by atoms with van der Waals surface area (Å²) < 4.78 is 7.65. The van der Waals surface area contributed by atoms with Gasteiger partial charge in [0.1, 0.15) is 0 Å². The summed E-state index contributed by atoms with van der Waals surface area (Å²) in [5, 5.41) is 0. The Hall–Kier alpha value is -0.340. The van der Waals surface area contributed by atoms with Crippen molar-refractivity contribution in [3.63, 3.8) is 0 Å².